The first-order valence-electron chi connectivity index (χ1n) is 5.96. The first-order valence-corrected chi connectivity index (χ1v) is 6.78. The molecule has 0 aliphatic carbocycles. The molecule has 2 aromatic rings. The van der Waals surface area contributed by atoms with Crippen LogP contribution < -0.4 is 10.6 Å². The number of anilines is 1. The second kappa shape index (κ2) is 6.36. The average Bonchev–Trinajstić information content (AvgIpc) is 3.09. The molecule has 6 nitrogen and oxygen atoms in total. The smallest absolute Gasteiger partial charge is 0.291 e. The van der Waals surface area contributed by atoms with Crippen molar-refractivity contribution in [1.29, 1.82) is 0 Å². The molecule has 2 aromatic heterocycles. The first-order chi connectivity index (χ1) is 9.60. The molecule has 2 amide bonds. The van der Waals surface area contributed by atoms with Crippen LogP contribution in [0.3, 0.4) is 0 Å². The fraction of sp³-hybridized carbons (Fsp3) is 0.231. The minimum Gasteiger partial charge on any atom is -0.459 e. The summed E-state index contributed by atoms with van der Waals surface area (Å²) in [7, 11) is 0. The third-order valence-electron chi connectivity index (χ3n) is 2.46. The number of carbonyl (C=O) groups excluding carboxylic acids is 2. The summed E-state index contributed by atoms with van der Waals surface area (Å²) in [6.07, 6.45) is 1.42. The van der Waals surface area contributed by atoms with Gasteiger partial charge in [0.15, 0.2) is 5.76 Å². The topological polar surface area (TPSA) is 91.6 Å². The predicted molar refractivity (Wildman–Crippen MR) is 75.0 cm³/mol. The van der Waals surface area contributed by atoms with Gasteiger partial charge in [-0.05, 0) is 31.2 Å². The summed E-state index contributed by atoms with van der Waals surface area (Å²) in [5.41, 5.74) is 0. The Morgan fingerprint density at radius 1 is 1.35 bits per heavy atom. The highest BCUT2D eigenvalue weighted by Gasteiger charge is 2.14. The number of furan rings is 1. The molecule has 0 aromatic carbocycles. The Morgan fingerprint density at radius 2 is 2.15 bits per heavy atom. The Labute approximate surface area is 119 Å². The molecule has 20 heavy (non-hydrogen) atoms. The molecule has 0 aliphatic rings. The van der Waals surface area contributed by atoms with Crippen LogP contribution in [0.5, 0.6) is 0 Å². The van der Waals surface area contributed by atoms with E-state index in [2.05, 4.69) is 10.6 Å². The molecule has 0 saturated carbocycles. The van der Waals surface area contributed by atoms with E-state index in [0.29, 0.717) is 9.88 Å². The van der Waals surface area contributed by atoms with Gasteiger partial charge in [0.25, 0.3) is 11.8 Å². The number of aliphatic hydroxyl groups excluding tert-OH is 1. The lowest BCUT2D eigenvalue weighted by Gasteiger charge is -2.08. The molecule has 0 saturated heterocycles. The van der Waals surface area contributed by atoms with Crippen molar-refractivity contribution in [1.82, 2.24) is 5.32 Å². The van der Waals surface area contributed by atoms with Gasteiger partial charge < -0.3 is 20.2 Å². The number of hydrogen-bond donors (Lipinski definition) is 3. The van der Waals surface area contributed by atoms with Crippen LogP contribution in [0.4, 0.5) is 5.00 Å². The van der Waals surface area contributed by atoms with Crippen LogP contribution in [0, 0.1) is 0 Å². The Morgan fingerprint density at radius 3 is 2.80 bits per heavy atom. The van der Waals surface area contributed by atoms with Crippen LogP contribution in [-0.2, 0) is 0 Å². The number of nitrogens with one attached hydrogen (secondary N) is 2. The summed E-state index contributed by atoms with van der Waals surface area (Å²) < 4.78 is 4.97. The minimum absolute atomic E-state index is 0.126. The lowest BCUT2D eigenvalue weighted by atomic mass is 10.3. The van der Waals surface area contributed by atoms with Crippen LogP contribution in [0.2, 0.25) is 0 Å². The van der Waals surface area contributed by atoms with Crippen LogP contribution in [0.15, 0.2) is 34.9 Å². The average molecular weight is 294 g/mol. The standard InChI is InChI=1S/C13H14N2O4S/c1-8(7-16)14-13(18)10-4-5-11(20-10)15-12(17)9-3-2-6-19-9/h2-6,8,16H,7H2,1H3,(H,14,18)(H,15,17). The summed E-state index contributed by atoms with van der Waals surface area (Å²) in [5, 5.41) is 14.7. The molecule has 7 heteroatoms. The van der Waals surface area contributed by atoms with Crippen molar-refractivity contribution in [3.05, 3.63) is 41.2 Å². The van der Waals surface area contributed by atoms with Crippen molar-refractivity contribution in [2.45, 2.75) is 13.0 Å². The van der Waals surface area contributed by atoms with E-state index in [-0.39, 0.29) is 30.2 Å². The second-order valence-electron chi connectivity index (χ2n) is 4.15. The van der Waals surface area contributed by atoms with Gasteiger partial charge in [-0.15, -0.1) is 11.3 Å². The van der Waals surface area contributed by atoms with Crippen LogP contribution in [0.1, 0.15) is 27.2 Å². The molecule has 0 spiro atoms. The van der Waals surface area contributed by atoms with Crippen molar-refractivity contribution >= 4 is 28.2 Å². The van der Waals surface area contributed by atoms with E-state index in [4.69, 9.17) is 9.52 Å². The zero-order valence-corrected chi connectivity index (χ0v) is 11.6. The first kappa shape index (κ1) is 14.3. The van der Waals surface area contributed by atoms with Gasteiger partial charge in [0.05, 0.1) is 22.7 Å². The number of aliphatic hydroxyl groups is 1. The summed E-state index contributed by atoms with van der Waals surface area (Å²) in [6, 6.07) is 6.12. The Balaban J connectivity index is 1.99. The molecule has 1 atom stereocenters. The fourth-order valence-electron chi connectivity index (χ4n) is 1.45. The number of carbonyl (C=O) groups is 2. The summed E-state index contributed by atoms with van der Waals surface area (Å²) in [6.45, 7) is 1.57. The van der Waals surface area contributed by atoms with Crippen LogP contribution in [0.25, 0.3) is 0 Å². The molecular formula is C13H14N2O4S. The summed E-state index contributed by atoms with van der Waals surface area (Å²) in [4.78, 5) is 24.0. The van der Waals surface area contributed by atoms with E-state index in [0.717, 1.165) is 11.3 Å². The fourth-order valence-corrected chi connectivity index (χ4v) is 2.25. The number of amides is 2. The number of hydrogen-bond acceptors (Lipinski definition) is 5. The van der Waals surface area contributed by atoms with E-state index in [1.54, 1.807) is 31.2 Å². The Hall–Kier alpha value is -2.12. The van der Waals surface area contributed by atoms with E-state index >= 15 is 0 Å². The normalized spacial score (nSPS) is 11.9. The van der Waals surface area contributed by atoms with E-state index in [1.165, 1.54) is 6.26 Å². The molecule has 0 bridgehead atoms. The van der Waals surface area contributed by atoms with Gasteiger partial charge in [0.2, 0.25) is 0 Å². The van der Waals surface area contributed by atoms with Crippen LogP contribution in [-0.4, -0.2) is 29.6 Å². The highest BCUT2D eigenvalue weighted by molar-refractivity contribution is 7.18. The largest absolute Gasteiger partial charge is 0.459 e. The van der Waals surface area contributed by atoms with Crippen molar-refractivity contribution in [3.8, 4) is 0 Å². The lowest BCUT2D eigenvalue weighted by molar-refractivity contribution is 0.0925. The third kappa shape index (κ3) is 3.46. The maximum absolute atomic E-state index is 11.8. The Kier molecular flexibility index (Phi) is 4.54. The van der Waals surface area contributed by atoms with Gasteiger partial charge in [0, 0.05) is 6.04 Å². The van der Waals surface area contributed by atoms with Crippen molar-refractivity contribution in [2.75, 3.05) is 11.9 Å². The maximum Gasteiger partial charge on any atom is 0.291 e. The van der Waals surface area contributed by atoms with E-state index < -0.39 is 0 Å². The van der Waals surface area contributed by atoms with E-state index in [1.807, 2.05) is 0 Å². The number of rotatable bonds is 5. The second-order valence-corrected chi connectivity index (χ2v) is 5.24. The zero-order valence-electron chi connectivity index (χ0n) is 10.8. The third-order valence-corrected chi connectivity index (χ3v) is 3.46. The number of thiophene rings is 1. The zero-order chi connectivity index (χ0) is 14.5. The molecule has 106 valence electrons. The molecule has 2 rings (SSSR count). The van der Waals surface area contributed by atoms with Gasteiger partial charge in [-0.2, -0.15) is 0 Å². The molecular weight excluding hydrogens is 280 g/mol. The monoisotopic (exact) mass is 294 g/mol. The van der Waals surface area contributed by atoms with E-state index in [9.17, 15) is 9.59 Å². The van der Waals surface area contributed by atoms with Crippen molar-refractivity contribution in [3.63, 3.8) is 0 Å². The predicted octanol–water partition coefficient (Wildman–Crippen LogP) is 1.70. The SMILES string of the molecule is CC(CO)NC(=O)c1ccc(NC(=O)c2ccco2)s1. The van der Waals surface area contributed by atoms with Crippen LogP contribution >= 0.6 is 11.3 Å². The minimum atomic E-state index is -0.368. The quantitative estimate of drug-likeness (QED) is 0.782. The molecule has 0 aliphatic heterocycles. The molecule has 2 heterocycles. The van der Waals surface area contributed by atoms with Gasteiger partial charge >= 0.3 is 0 Å². The molecule has 3 N–H and O–H groups in total. The molecule has 0 radical (unpaired) electrons. The van der Waals surface area contributed by atoms with Crippen molar-refractivity contribution in [2.24, 2.45) is 0 Å². The highest BCUT2D eigenvalue weighted by atomic mass is 32.1. The van der Waals surface area contributed by atoms with Gasteiger partial charge in [-0.25, -0.2) is 0 Å². The summed E-state index contributed by atoms with van der Waals surface area (Å²) in [5.74, 6) is -0.444. The molecule has 1 unspecified atom stereocenters. The highest BCUT2D eigenvalue weighted by Crippen LogP contribution is 2.22. The lowest BCUT2D eigenvalue weighted by Crippen LogP contribution is -2.34. The molecule has 0 fully saturated rings. The van der Waals surface area contributed by atoms with Crippen molar-refractivity contribution < 1.29 is 19.1 Å². The summed E-state index contributed by atoms with van der Waals surface area (Å²) >= 11 is 1.15. The van der Waals surface area contributed by atoms with Gasteiger partial charge in [-0.3, -0.25) is 9.59 Å². The Bertz CT molecular complexity index is 591. The maximum atomic E-state index is 11.8. The van der Waals surface area contributed by atoms with Gasteiger partial charge in [0.1, 0.15) is 0 Å². The van der Waals surface area contributed by atoms with Gasteiger partial charge in [-0.1, -0.05) is 0 Å².